The molecule has 0 saturated carbocycles. The molecule has 0 radical (unpaired) electrons. The van der Waals surface area contributed by atoms with Gasteiger partial charge in [-0.3, -0.25) is 9.59 Å². The molecule has 1 aliphatic heterocycles. The Labute approximate surface area is 158 Å². The van der Waals surface area contributed by atoms with E-state index >= 15 is 0 Å². The molecule has 0 bridgehead atoms. The van der Waals surface area contributed by atoms with E-state index in [1.807, 2.05) is 49.4 Å². The van der Waals surface area contributed by atoms with Gasteiger partial charge in [-0.15, -0.1) is 0 Å². The van der Waals surface area contributed by atoms with E-state index in [2.05, 4.69) is 5.10 Å². The van der Waals surface area contributed by atoms with E-state index in [-0.39, 0.29) is 18.9 Å². The van der Waals surface area contributed by atoms with Crippen LogP contribution in [0, 0.1) is 0 Å². The lowest BCUT2D eigenvalue weighted by Crippen LogP contribution is -2.29. The molecule has 0 spiro atoms. The Bertz CT molecular complexity index is 816. The number of amides is 1. The highest BCUT2D eigenvalue weighted by molar-refractivity contribution is 6.02. The van der Waals surface area contributed by atoms with Crippen LogP contribution in [0.5, 0.6) is 5.75 Å². The fourth-order valence-electron chi connectivity index (χ4n) is 2.78. The van der Waals surface area contributed by atoms with Crippen LogP contribution in [-0.2, 0) is 20.7 Å². The Morgan fingerprint density at radius 1 is 1.07 bits per heavy atom. The maximum absolute atomic E-state index is 12.2. The first kappa shape index (κ1) is 18.6. The van der Waals surface area contributed by atoms with E-state index in [4.69, 9.17) is 9.47 Å². The van der Waals surface area contributed by atoms with Gasteiger partial charge in [0.25, 0.3) is 5.91 Å². The van der Waals surface area contributed by atoms with Crippen molar-refractivity contribution in [3.63, 3.8) is 0 Å². The number of carbonyl (C=O) groups is 2. The highest BCUT2D eigenvalue weighted by atomic mass is 16.5. The minimum Gasteiger partial charge on any atom is -0.494 e. The third-order valence-electron chi connectivity index (χ3n) is 4.14. The molecule has 1 heterocycles. The standard InChI is InChI=1S/C21H22N2O4/c1-2-26-18-10-8-16(9-11-18)14-21(25)27-15-20(24)23-13-12-19(22-23)17-6-4-3-5-7-17/h3-11H,2,12-15H2,1H3. The summed E-state index contributed by atoms with van der Waals surface area (Å²) in [6, 6.07) is 17.0. The molecular formula is C21H22N2O4. The number of nitrogens with zero attached hydrogens (tertiary/aromatic N) is 2. The molecule has 0 fully saturated rings. The minimum atomic E-state index is -0.445. The van der Waals surface area contributed by atoms with Gasteiger partial charge in [-0.1, -0.05) is 42.5 Å². The lowest BCUT2D eigenvalue weighted by molar-refractivity contribution is -0.151. The summed E-state index contributed by atoms with van der Waals surface area (Å²) < 4.78 is 10.5. The molecule has 140 valence electrons. The van der Waals surface area contributed by atoms with Gasteiger partial charge >= 0.3 is 5.97 Å². The number of esters is 1. The van der Waals surface area contributed by atoms with Gasteiger partial charge in [0, 0.05) is 6.42 Å². The minimum absolute atomic E-state index is 0.109. The molecule has 0 unspecified atom stereocenters. The van der Waals surface area contributed by atoms with Crippen molar-refractivity contribution in [1.82, 2.24) is 5.01 Å². The van der Waals surface area contributed by atoms with Crippen molar-refractivity contribution in [2.24, 2.45) is 5.10 Å². The second-order valence-electron chi connectivity index (χ2n) is 6.09. The van der Waals surface area contributed by atoms with Crippen LogP contribution in [0.3, 0.4) is 0 Å². The predicted octanol–water partition coefficient (Wildman–Crippen LogP) is 2.81. The average molecular weight is 366 g/mol. The number of carbonyl (C=O) groups excluding carboxylic acids is 2. The van der Waals surface area contributed by atoms with Crippen LogP contribution in [0.25, 0.3) is 0 Å². The van der Waals surface area contributed by atoms with E-state index in [0.717, 1.165) is 22.6 Å². The monoisotopic (exact) mass is 366 g/mol. The predicted molar refractivity (Wildman–Crippen MR) is 102 cm³/mol. The van der Waals surface area contributed by atoms with E-state index in [1.165, 1.54) is 5.01 Å². The van der Waals surface area contributed by atoms with Gasteiger partial charge in [-0.25, -0.2) is 5.01 Å². The Kier molecular flexibility index (Phi) is 6.20. The highest BCUT2D eigenvalue weighted by Gasteiger charge is 2.22. The summed E-state index contributed by atoms with van der Waals surface area (Å²) in [6.07, 6.45) is 0.800. The molecule has 2 aromatic rings. The van der Waals surface area contributed by atoms with Crippen molar-refractivity contribution >= 4 is 17.6 Å². The number of hydrazone groups is 1. The summed E-state index contributed by atoms with van der Waals surface area (Å²) in [7, 11) is 0. The summed E-state index contributed by atoms with van der Waals surface area (Å²) >= 11 is 0. The van der Waals surface area contributed by atoms with Crippen LogP contribution in [0.15, 0.2) is 59.7 Å². The second-order valence-corrected chi connectivity index (χ2v) is 6.09. The number of benzene rings is 2. The van der Waals surface area contributed by atoms with Gasteiger partial charge in [0.2, 0.25) is 0 Å². The number of rotatable bonds is 7. The molecule has 1 amide bonds. The maximum Gasteiger partial charge on any atom is 0.310 e. The van der Waals surface area contributed by atoms with Gasteiger partial charge in [-0.2, -0.15) is 5.10 Å². The van der Waals surface area contributed by atoms with E-state index < -0.39 is 5.97 Å². The molecule has 0 saturated heterocycles. The average Bonchev–Trinajstić information content (AvgIpc) is 3.19. The Morgan fingerprint density at radius 3 is 2.52 bits per heavy atom. The summed E-state index contributed by atoms with van der Waals surface area (Å²) in [6.45, 7) is 2.70. The van der Waals surface area contributed by atoms with Crippen molar-refractivity contribution < 1.29 is 19.1 Å². The Morgan fingerprint density at radius 2 is 1.81 bits per heavy atom. The third kappa shape index (κ3) is 5.17. The zero-order chi connectivity index (χ0) is 19.1. The lowest BCUT2D eigenvalue weighted by atomic mass is 10.1. The molecule has 1 aliphatic rings. The molecule has 0 N–H and O–H groups in total. The number of ether oxygens (including phenoxy) is 2. The first-order valence-corrected chi connectivity index (χ1v) is 8.96. The molecule has 0 atom stereocenters. The smallest absolute Gasteiger partial charge is 0.310 e. The summed E-state index contributed by atoms with van der Waals surface area (Å²) in [4.78, 5) is 24.2. The molecule has 6 heteroatoms. The fourth-order valence-corrected chi connectivity index (χ4v) is 2.78. The third-order valence-corrected chi connectivity index (χ3v) is 4.14. The molecule has 0 aromatic heterocycles. The van der Waals surface area contributed by atoms with Gasteiger partial charge in [0.1, 0.15) is 5.75 Å². The largest absolute Gasteiger partial charge is 0.494 e. The summed E-state index contributed by atoms with van der Waals surface area (Å²) in [5, 5.41) is 5.71. The SMILES string of the molecule is CCOc1ccc(CC(=O)OCC(=O)N2CCC(c3ccccc3)=N2)cc1. The lowest BCUT2D eigenvalue weighted by Gasteiger charge is -2.11. The van der Waals surface area contributed by atoms with Crippen LogP contribution in [0.1, 0.15) is 24.5 Å². The first-order chi connectivity index (χ1) is 13.2. The molecule has 3 rings (SSSR count). The van der Waals surface area contributed by atoms with Crippen molar-refractivity contribution in [3.8, 4) is 5.75 Å². The molecule has 2 aromatic carbocycles. The topological polar surface area (TPSA) is 68.2 Å². The number of hydrogen-bond acceptors (Lipinski definition) is 5. The van der Waals surface area contributed by atoms with Crippen LogP contribution >= 0.6 is 0 Å². The van der Waals surface area contributed by atoms with E-state index in [0.29, 0.717) is 19.6 Å². The van der Waals surface area contributed by atoms with Crippen LogP contribution in [-0.4, -0.2) is 42.4 Å². The van der Waals surface area contributed by atoms with Gasteiger partial charge in [-0.05, 0) is 30.2 Å². The van der Waals surface area contributed by atoms with Crippen molar-refractivity contribution in [2.75, 3.05) is 19.8 Å². The van der Waals surface area contributed by atoms with Crippen LogP contribution in [0.2, 0.25) is 0 Å². The van der Waals surface area contributed by atoms with Crippen molar-refractivity contribution in [1.29, 1.82) is 0 Å². The number of hydrogen-bond donors (Lipinski definition) is 0. The molecule has 27 heavy (non-hydrogen) atoms. The van der Waals surface area contributed by atoms with Crippen LogP contribution < -0.4 is 4.74 Å². The zero-order valence-electron chi connectivity index (χ0n) is 15.3. The fraction of sp³-hybridized carbons (Fsp3) is 0.286. The first-order valence-electron chi connectivity index (χ1n) is 8.96. The Hall–Kier alpha value is -3.15. The maximum atomic E-state index is 12.2. The highest BCUT2D eigenvalue weighted by Crippen LogP contribution is 2.15. The van der Waals surface area contributed by atoms with Crippen LogP contribution in [0.4, 0.5) is 0 Å². The Balaban J connectivity index is 1.47. The van der Waals surface area contributed by atoms with Crippen molar-refractivity contribution in [3.05, 3.63) is 65.7 Å². The summed E-state index contributed by atoms with van der Waals surface area (Å²) in [5.74, 6) is -0.00847. The van der Waals surface area contributed by atoms with Gasteiger partial charge in [0.05, 0.1) is 25.3 Å². The normalized spacial score (nSPS) is 13.2. The summed E-state index contributed by atoms with van der Waals surface area (Å²) in [5.41, 5.74) is 2.67. The van der Waals surface area contributed by atoms with Crippen molar-refractivity contribution in [2.45, 2.75) is 19.8 Å². The van der Waals surface area contributed by atoms with Gasteiger partial charge in [0.15, 0.2) is 6.61 Å². The second kappa shape index (κ2) is 8.98. The van der Waals surface area contributed by atoms with E-state index in [9.17, 15) is 9.59 Å². The quantitative estimate of drug-likeness (QED) is 0.707. The molecular weight excluding hydrogens is 344 g/mol. The van der Waals surface area contributed by atoms with Gasteiger partial charge < -0.3 is 9.47 Å². The molecule has 0 aliphatic carbocycles. The van der Waals surface area contributed by atoms with E-state index in [1.54, 1.807) is 12.1 Å². The zero-order valence-corrected chi connectivity index (χ0v) is 15.3. The molecule has 6 nitrogen and oxygen atoms in total.